The first kappa shape index (κ1) is 17.2. The fourth-order valence-corrected chi connectivity index (χ4v) is 3.40. The molecular weight excluding hydrogens is 346 g/mol. The fraction of sp³-hybridized carbons (Fsp3) is 0.643. The molecule has 7 N–H and O–H groups in total. The Morgan fingerprint density at radius 1 is 1.23 bits per heavy atom. The van der Waals surface area contributed by atoms with E-state index in [9.17, 15) is 20.1 Å². The van der Waals surface area contributed by atoms with Gasteiger partial charge in [-0.1, -0.05) is 0 Å². The largest absolute Gasteiger partial charge is 0.394 e. The van der Waals surface area contributed by atoms with Gasteiger partial charge in [-0.25, -0.2) is 4.98 Å². The lowest BCUT2D eigenvalue weighted by Gasteiger charge is -2.30. The molecule has 0 saturated carbocycles. The zero-order chi connectivity index (χ0) is 18.4. The highest BCUT2D eigenvalue weighted by atomic mass is 16.6. The van der Waals surface area contributed by atoms with Crippen molar-refractivity contribution in [1.82, 2.24) is 24.8 Å². The summed E-state index contributed by atoms with van der Waals surface area (Å²) in [6.07, 6.45) is -4.63. The lowest BCUT2D eigenvalue weighted by molar-refractivity contribution is -0.0504. The van der Waals surface area contributed by atoms with Crippen molar-refractivity contribution in [3.05, 3.63) is 10.4 Å². The summed E-state index contributed by atoms with van der Waals surface area (Å²) in [6.45, 7) is 2.26. The normalized spacial score (nSPS) is 29.6. The molecule has 26 heavy (non-hydrogen) atoms. The van der Waals surface area contributed by atoms with E-state index in [2.05, 4.69) is 20.3 Å². The third-order valence-electron chi connectivity index (χ3n) is 4.72. The standard InChI is InChI=1S/C14H21N7O5/c15-13-18-10-7(11(25)19-13)17-14(20-3-1-16-2-4-20)21(10)12-9(24)8(23)6(5-22)26-12/h6,8-9,12,16,22-24H,1-5H2,(H3,15,18,19,25)/t6-,8-,9+,12+/m1/s1. The first-order valence-electron chi connectivity index (χ1n) is 8.37. The summed E-state index contributed by atoms with van der Waals surface area (Å²) >= 11 is 0. The lowest BCUT2D eigenvalue weighted by atomic mass is 10.1. The summed E-state index contributed by atoms with van der Waals surface area (Å²) in [5, 5.41) is 33.1. The molecule has 2 fully saturated rings. The highest BCUT2D eigenvalue weighted by Gasteiger charge is 2.45. The van der Waals surface area contributed by atoms with Gasteiger partial charge in [0.15, 0.2) is 17.4 Å². The van der Waals surface area contributed by atoms with E-state index in [1.54, 1.807) is 0 Å². The minimum absolute atomic E-state index is 0.0606. The van der Waals surface area contributed by atoms with Crippen molar-refractivity contribution in [1.29, 1.82) is 0 Å². The van der Waals surface area contributed by atoms with E-state index in [1.165, 1.54) is 4.57 Å². The smallest absolute Gasteiger partial charge is 0.280 e. The quantitative estimate of drug-likeness (QED) is 0.323. The molecule has 4 atom stereocenters. The summed E-state index contributed by atoms with van der Waals surface area (Å²) in [5.41, 5.74) is 5.37. The van der Waals surface area contributed by atoms with Crippen molar-refractivity contribution in [3.8, 4) is 0 Å². The van der Waals surface area contributed by atoms with Crippen molar-refractivity contribution in [2.75, 3.05) is 43.4 Å². The summed E-state index contributed by atoms with van der Waals surface area (Å²) in [4.78, 5) is 25.1. The Balaban J connectivity index is 1.89. The molecule has 4 heterocycles. The van der Waals surface area contributed by atoms with Crippen LogP contribution >= 0.6 is 0 Å². The van der Waals surface area contributed by atoms with E-state index >= 15 is 0 Å². The number of ether oxygens (including phenoxy) is 1. The van der Waals surface area contributed by atoms with Gasteiger partial charge in [0, 0.05) is 26.2 Å². The number of aliphatic hydroxyl groups is 3. The number of anilines is 2. The van der Waals surface area contributed by atoms with Crippen LogP contribution in [0.25, 0.3) is 11.2 Å². The van der Waals surface area contributed by atoms with Crippen LogP contribution in [0.1, 0.15) is 6.23 Å². The second kappa shape index (κ2) is 6.48. The van der Waals surface area contributed by atoms with Crippen LogP contribution in [-0.4, -0.2) is 85.9 Å². The number of nitrogens with one attached hydrogen (secondary N) is 2. The van der Waals surface area contributed by atoms with Crippen molar-refractivity contribution < 1.29 is 20.1 Å². The third-order valence-corrected chi connectivity index (χ3v) is 4.72. The molecule has 0 unspecified atom stereocenters. The summed E-state index contributed by atoms with van der Waals surface area (Å²) in [7, 11) is 0. The van der Waals surface area contributed by atoms with Crippen LogP contribution in [0, 0.1) is 0 Å². The second-order valence-electron chi connectivity index (χ2n) is 6.37. The lowest BCUT2D eigenvalue weighted by Crippen LogP contribution is -2.45. The van der Waals surface area contributed by atoms with Crippen LogP contribution in [0.5, 0.6) is 0 Å². The van der Waals surface area contributed by atoms with Crippen LogP contribution in [0.3, 0.4) is 0 Å². The number of fused-ring (bicyclic) bond motifs is 1. The molecule has 0 amide bonds. The Bertz CT molecular complexity index is 861. The third kappa shape index (κ3) is 2.62. The molecule has 2 aromatic heterocycles. The Kier molecular flexibility index (Phi) is 4.28. The summed E-state index contributed by atoms with van der Waals surface area (Å²) in [6, 6.07) is 0. The highest BCUT2D eigenvalue weighted by Crippen LogP contribution is 2.35. The van der Waals surface area contributed by atoms with Gasteiger partial charge in [0.25, 0.3) is 5.56 Å². The number of aromatic amines is 1. The molecule has 0 spiro atoms. The number of nitrogens with zero attached hydrogens (tertiary/aromatic N) is 4. The molecule has 0 aromatic carbocycles. The Morgan fingerprint density at radius 3 is 2.62 bits per heavy atom. The van der Waals surface area contributed by atoms with E-state index in [0.717, 1.165) is 13.1 Å². The highest BCUT2D eigenvalue weighted by molar-refractivity contribution is 5.75. The number of nitrogen functional groups attached to an aromatic ring is 1. The number of aliphatic hydroxyl groups excluding tert-OH is 3. The van der Waals surface area contributed by atoms with Crippen molar-refractivity contribution in [3.63, 3.8) is 0 Å². The predicted molar refractivity (Wildman–Crippen MR) is 90.7 cm³/mol. The van der Waals surface area contributed by atoms with Crippen molar-refractivity contribution >= 4 is 23.1 Å². The molecule has 4 rings (SSSR count). The maximum Gasteiger partial charge on any atom is 0.280 e. The number of piperazine rings is 1. The van der Waals surface area contributed by atoms with Gasteiger partial charge in [-0.15, -0.1) is 0 Å². The number of hydrogen-bond donors (Lipinski definition) is 6. The number of H-pyrrole nitrogens is 1. The molecule has 2 aromatic rings. The minimum Gasteiger partial charge on any atom is -0.394 e. The van der Waals surface area contributed by atoms with Crippen LogP contribution in [0.2, 0.25) is 0 Å². The summed E-state index contributed by atoms with van der Waals surface area (Å²) < 4.78 is 7.10. The Hall–Kier alpha value is -2.25. The van der Waals surface area contributed by atoms with Gasteiger partial charge < -0.3 is 36.0 Å². The molecule has 12 nitrogen and oxygen atoms in total. The van der Waals surface area contributed by atoms with Crippen LogP contribution in [0.15, 0.2) is 4.79 Å². The van der Waals surface area contributed by atoms with Crippen molar-refractivity contribution in [2.24, 2.45) is 0 Å². The second-order valence-corrected chi connectivity index (χ2v) is 6.37. The van der Waals surface area contributed by atoms with Gasteiger partial charge >= 0.3 is 0 Å². The summed E-state index contributed by atoms with van der Waals surface area (Å²) in [5.74, 6) is 0.294. The first-order valence-corrected chi connectivity index (χ1v) is 8.37. The van der Waals surface area contributed by atoms with E-state index in [0.29, 0.717) is 19.0 Å². The maximum atomic E-state index is 12.3. The van der Waals surface area contributed by atoms with Gasteiger partial charge in [-0.2, -0.15) is 4.98 Å². The van der Waals surface area contributed by atoms with E-state index in [1.807, 2.05) is 4.90 Å². The number of aromatic nitrogens is 4. The number of imidazole rings is 1. The van der Waals surface area contributed by atoms with E-state index < -0.39 is 36.7 Å². The molecule has 0 aliphatic carbocycles. The number of hydrogen-bond acceptors (Lipinski definition) is 10. The van der Waals surface area contributed by atoms with E-state index in [4.69, 9.17) is 10.5 Å². The molecule has 12 heteroatoms. The molecule has 2 saturated heterocycles. The molecule has 142 valence electrons. The van der Waals surface area contributed by atoms with Crippen LogP contribution in [0.4, 0.5) is 11.9 Å². The minimum atomic E-state index is -1.33. The zero-order valence-electron chi connectivity index (χ0n) is 13.9. The average molecular weight is 367 g/mol. The number of nitrogens with two attached hydrogens (primary N) is 1. The van der Waals surface area contributed by atoms with Gasteiger partial charge in [-0.3, -0.25) is 14.3 Å². The molecule has 2 aliphatic heterocycles. The van der Waals surface area contributed by atoms with Gasteiger partial charge in [0.2, 0.25) is 11.9 Å². The SMILES string of the molecule is Nc1nc2c(nc(N3CCNCC3)n2[C@H]2O[C@H](CO)[C@@H](O)[C@@H]2O)c(=O)[nH]1. The number of rotatable bonds is 3. The zero-order valence-corrected chi connectivity index (χ0v) is 13.9. The molecule has 2 aliphatic rings. The van der Waals surface area contributed by atoms with Crippen molar-refractivity contribution in [2.45, 2.75) is 24.5 Å². The molecular formula is C14H21N7O5. The monoisotopic (exact) mass is 367 g/mol. The fourth-order valence-electron chi connectivity index (χ4n) is 3.40. The maximum absolute atomic E-state index is 12.3. The average Bonchev–Trinajstić information content (AvgIpc) is 3.14. The van der Waals surface area contributed by atoms with Crippen LogP contribution in [-0.2, 0) is 4.74 Å². The Morgan fingerprint density at radius 2 is 1.96 bits per heavy atom. The topological polar surface area (TPSA) is 175 Å². The molecule has 0 radical (unpaired) electrons. The first-order chi connectivity index (χ1) is 12.5. The van der Waals surface area contributed by atoms with Gasteiger partial charge in [0.1, 0.15) is 18.3 Å². The van der Waals surface area contributed by atoms with Gasteiger partial charge in [-0.05, 0) is 0 Å². The van der Waals surface area contributed by atoms with E-state index in [-0.39, 0.29) is 17.1 Å². The Labute approximate surface area is 147 Å². The predicted octanol–water partition coefficient (Wildman–Crippen LogP) is -3.28. The molecule has 0 bridgehead atoms. The van der Waals surface area contributed by atoms with Gasteiger partial charge in [0.05, 0.1) is 6.61 Å². The van der Waals surface area contributed by atoms with Crippen LogP contribution < -0.4 is 21.5 Å².